The normalized spacial score (nSPS) is 12.2. The molecule has 4 heteroatoms. The Bertz CT molecular complexity index is 613. The first-order chi connectivity index (χ1) is 9.51. The van der Waals surface area contributed by atoms with Crippen molar-refractivity contribution in [1.82, 2.24) is 0 Å². The molecule has 0 aliphatic carbocycles. The van der Waals surface area contributed by atoms with Gasteiger partial charge in [0, 0.05) is 15.0 Å². The molecule has 0 saturated heterocycles. The lowest BCUT2D eigenvalue weighted by molar-refractivity contribution is 0.176. The van der Waals surface area contributed by atoms with Crippen molar-refractivity contribution in [2.45, 2.75) is 19.4 Å². The number of hydrogen-bond donors (Lipinski definition) is 1. The molecule has 0 saturated carbocycles. The average molecular weight is 403 g/mol. The van der Waals surface area contributed by atoms with Gasteiger partial charge in [0.25, 0.3) is 0 Å². The van der Waals surface area contributed by atoms with Crippen LogP contribution >= 0.6 is 34.2 Å². The summed E-state index contributed by atoms with van der Waals surface area (Å²) >= 11 is 8.22. The molecule has 0 aliphatic heterocycles. The summed E-state index contributed by atoms with van der Waals surface area (Å²) < 4.78 is 6.36. The zero-order valence-corrected chi connectivity index (χ0v) is 14.3. The van der Waals surface area contributed by atoms with E-state index in [-0.39, 0.29) is 0 Å². The molecule has 1 unspecified atom stereocenters. The maximum atomic E-state index is 10.5. The Morgan fingerprint density at radius 1 is 1.25 bits per heavy atom. The fraction of sp³-hybridized carbons (Fsp3) is 0.250. The molecule has 2 rings (SSSR count). The van der Waals surface area contributed by atoms with E-state index in [1.165, 1.54) is 0 Å². The third kappa shape index (κ3) is 3.65. The van der Waals surface area contributed by atoms with Gasteiger partial charge >= 0.3 is 0 Å². The minimum absolute atomic E-state index is 0.501. The summed E-state index contributed by atoms with van der Waals surface area (Å²) in [4.78, 5) is 0. The van der Waals surface area contributed by atoms with Crippen molar-refractivity contribution in [2.75, 3.05) is 7.11 Å². The van der Waals surface area contributed by atoms with Crippen LogP contribution in [0.15, 0.2) is 36.4 Å². The van der Waals surface area contributed by atoms with E-state index in [4.69, 9.17) is 16.3 Å². The Kier molecular flexibility index (Phi) is 5.29. The maximum Gasteiger partial charge on any atom is 0.122 e. The van der Waals surface area contributed by atoms with Gasteiger partial charge in [-0.05, 0) is 64.9 Å². The minimum Gasteiger partial charge on any atom is -0.496 e. The fourth-order valence-corrected chi connectivity index (χ4v) is 3.03. The van der Waals surface area contributed by atoms with E-state index in [0.717, 1.165) is 26.0 Å². The molecule has 106 valence electrons. The maximum absolute atomic E-state index is 10.5. The van der Waals surface area contributed by atoms with Gasteiger partial charge in [-0.1, -0.05) is 29.3 Å². The van der Waals surface area contributed by atoms with Crippen molar-refractivity contribution in [2.24, 2.45) is 0 Å². The highest BCUT2D eigenvalue weighted by atomic mass is 127. The zero-order valence-electron chi connectivity index (χ0n) is 11.4. The molecular weight excluding hydrogens is 387 g/mol. The summed E-state index contributed by atoms with van der Waals surface area (Å²) in [5.74, 6) is 0.798. The number of aliphatic hydroxyl groups is 1. The molecule has 2 aromatic carbocycles. The van der Waals surface area contributed by atoms with Gasteiger partial charge in [0.05, 0.1) is 13.2 Å². The lowest BCUT2D eigenvalue weighted by atomic mass is 9.99. The first-order valence-electron chi connectivity index (χ1n) is 6.28. The van der Waals surface area contributed by atoms with Crippen molar-refractivity contribution >= 4 is 34.2 Å². The van der Waals surface area contributed by atoms with Crippen molar-refractivity contribution in [3.8, 4) is 5.75 Å². The van der Waals surface area contributed by atoms with Crippen molar-refractivity contribution in [3.63, 3.8) is 0 Å². The Morgan fingerprint density at radius 3 is 2.70 bits per heavy atom. The number of halogens is 2. The van der Waals surface area contributed by atoms with E-state index in [1.807, 2.05) is 43.3 Å². The first-order valence-corrected chi connectivity index (χ1v) is 7.73. The molecule has 20 heavy (non-hydrogen) atoms. The van der Waals surface area contributed by atoms with Gasteiger partial charge in [-0.25, -0.2) is 0 Å². The first kappa shape index (κ1) is 15.6. The van der Waals surface area contributed by atoms with Crippen LogP contribution in [-0.4, -0.2) is 12.2 Å². The molecule has 0 aliphatic rings. The van der Waals surface area contributed by atoms with Gasteiger partial charge in [-0.15, -0.1) is 0 Å². The van der Waals surface area contributed by atoms with Crippen LogP contribution in [0.4, 0.5) is 0 Å². The second kappa shape index (κ2) is 6.78. The summed E-state index contributed by atoms with van der Waals surface area (Å²) in [6.07, 6.45) is -0.0995. The number of benzene rings is 2. The second-order valence-electron chi connectivity index (χ2n) is 4.70. The van der Waals surface area contributed by atoms with Crippen LogP contribution < -0.4 is 4.74 Å². The number of ether oxygens (including phenoxy) is 1. The number of methoxy groups -OCH3 is 1. The van der Waals surface area contributed by atoms with E-state index in [9.17, 15) is 5.11 Å². The van der Waals surface area contributed by atoms with Gasteiger partial charge in [-0.3, -0.25) is 0 Å². The third-order valence-electron chi connectivity index (χ3n) is 3.17. The Hall–Kier alpha value is -0.780. The minimum atomic E-state index is -0.601. The summed E-state index contributed by atoms with van der Waals surface area (Å²) in [5, 5.41) is 11.1. The highest BCUT2D eigenvalue weighted by Gasteiger charge is 2.15. The van der Waals surface area contributed by atoms with Gasteiger partial charge in [-0.2, -0.15) is 0 Å². The van der Waals surface area contributed by atoms with Crippen LogP contribution in [0.2, 0.25) is 5.02 Å². The molecule has 0 spiro atoms. The second-order valence-corrected chi connectivity index (χ2v) is 6.30. The van der Waals surface area contributed by atoms with Crippen molar-refractivity contribution in [1.29, 1.82) is 0 Å². The zero-order chi connectivity index (χ0) is 14.7. The molecule has 0 heterocycles. The smallest absolute Gasteiger partial charge is 0.122 e. The molecule has 0 aromatic heterocycles. The van der Waals surface area contributed by atoms with E-state index in [0.29, 0.717) is 11.4 Å². The molecule has 2 nitrogen and oxygen atoms in total. The molecule has 0 bridgehead atoms. The number of aliphatic hydroxyl groups excluding tert-OH is 1. The molecule has 1 atom stereocenters. The molecule has 0 fully saturated rings. The number of aryl methyl sites for hydroxylation is 1. The molecule has 2 aromatic rings. The molecule has 0 radical (unpaired) electrons. The van der Waals surface area contributed by atoms with Crippen LogP contribution in [0, 0.1) is 10.5 Å². The number of rotatable bonds is 4. The molecule has 1 N–H and O–H groups in total. The summed E-state index contributed by atoms with van der Waals surface area (Å²) in [6, 6.07) is 11.5. The average Bonchev–Trinajstić information content (AvgIpc) is 2.41. The van der Waals surface area contributed by atoms with E-state index in [2.05, 4.69) is 22.6 Å². The fourth-order valence-electron chi connectivity index (χ4n) is 2.16. The Morgan fingerprint density at radius 2 is 2.00 bits per heavy atom. The Labute approximate surface area is 137 Å². The highest BCUT2D eigenvalue weighted by molar-refractivity contribution is 14.1. The quantitative estimate of drug-likeness (QED) is 0.761. The van der Waals surface area contributed by atoms with Crippen LogP contribution in [0.3, 0.4) is 0 Å². The highest BCUT2D eigenvalue weighted by Crippen LogP contribution is 2.29. The van der Waals surface area contributed by atoms with E-state index >= 15 is 0 Å². The lowest BCUT2D eigenvalue weighted by Gasteiger charge is -2.16. The van der Waals surface area contributed by atoms with Crippen molar-refractivity contribution < 1.29 is 9.84 Å². The topological polar surface area (TPSA) is 29.5 Å². The van der Waals surface area contributed by atoms with Crippen LogP contribution in [-0.2, 0) is 6.42 Å². The van der Waals surface area contributed by atoms with Crippen LogP contribution in [0.25, 0.3) is 0 Å². The lowest BCUT2D eigenvalue weighted by Crippen LogP contribution is -2.05. The number of hydrogen-bond acceptors (Lipinski definition) is 2. The van der Waals surface area contributed by atoms with Gasteiger partial charge < -0.3 is 9.84 Å². The van der Waals surface area contributed by atoms with Crippen LogP contribution in [0.1, 0.15) is 22.8 Å². The molecule has 0 amide bonds. The van der Waals surface area contributed by atoms with E-state index < -0.39 is 6.10 Å². The summed E-state index contributed by atoms with van der Waals surface area (Å²) in [5.41, 5.74) is 2.99. The van der Waals surface area contributed by atoms with E-state index in [1.54, 1.807) is 7.11 Å². The van der Waals surface area contributed by atoms with Gasteiger partial charge in [0.2, 0.25) is 0 Å². The summed E-state index contributed by atoms with van der Waals surface area (Å²) in [7, 11) is 1.64. The van der Waals surface area contributed by atoms with Crippen LogP contribution in [0.5, 0.6) is 5.75 Å². The largest absolute Gasteiger partial charge is 0.496 e. The standard InChI is InChI=1S/C16H16ClIO2/c1-10-3-6-16(20-2)11(7-10)8-15(19)13-9-12(17)4-5-14(13)18/h3-7,9,15,19H,8H2,1-2H3. The third-order valence-corrected chi connectivity index (χ3v) is 4.38. The Balaban J connectivity index is 2.29. The van der Waals surface area contributed by atoms with Crippen molar-refractivity contribution in [3.05, 3.63) is 61.7 Å². The van der Waals surface area contributed by atoms with Gasteiger partial charge in [0.15, 0.2) is 0 Å². The summed E-state index contributed by atoms with van der Waals surface area (Å²) in [6.45, 7) is 2.03. The van der Waals surface area contributed by atoms with Gasteiger partial charge in [0.1, 0.15) is 5.75 Å². The SMILES string of the molecule is COc1ccc(C)cc1CC(O)c1cc(Cl)ccc1I. The predicted octanol–water partition coefficient (Wildman–Crippen LogP) is 4.54. The predicted molar refractivity (Wildman–Crippen MR) is 90.6 cm³/mol. The molecular formula is C16H16ClIO2. The monoisotopic (exact) mass is 402 g/mol.